The normalized spacial score (nSPS) is 21.2. The van der Waals surface area contributed by atoms with Gasteiger partial charge >= 0.3 is 6.18 Å². The third-order valence-electron chi connectivity index (χ3n) is 3.68. The van der Waals surface area contributed by atoms with Crippen molar-refractivity contribution in [1.29, 1.82) is 0 Å². The number of carbonyl (C=O) groups excluding carboxylic acids is 1. The van der Waals surface area contributed by atoms with Crippen LogP contribution in [0.1, 0.15) is 24.5 Å². The fourth-order valence-electron chi connectivity index (χ4n) is 2.35. The highest BCUT2D eigenvalue weighted by atomic mass is 19.4. The van der Waals surface area contributed by atoms with Gasteiger partial charge in [0.2, 0.25) is 5.91 Å². The maximum absolute atomic E-state index is 12.5. The average Bonchev–Trinajstić information content (AvgIpc) is 2.87. The lowest BCUT2D eigenvalue weighted by Crippen LogP contribution is -2.29. The fraction of sp³-hybridized carbons (Fsp3) is 0.353. The van der Waals surface area contributed by atoms with Gasteiger partial charge < -0.3 is 4.90 Å². The van der Waals surface area contributed by atoms with Gasteiger partial charge in [0.1, 0.15) is 0 Å². The number of likely N-dealkylation sites (tertiary alicyclic amines) is 1. The van der Waals surface area contributed by atoms with Crippen molar-refractivity contribution in [1.82, 2.24) is 4.90 Å². The first kappa shape index (κ1) is 16.2. The molecule has 0 aliphatic carbocycles. The molecule has 0 aromatic heterocycles. The molecular weight excluding hydrogens is 291 g/mol. The van der Waals surface area contributed by atoms with Crippen molar-refractivity contribution in [2.75, 3.05) is 13.1 Å². The summed E-state index contributed by atoms with van der Waals surface area (Å²) in [5.74, 6) is 5.86. The maximum Gasteiger partial charge on any atom is 0.416 e. The van der Waals surface area contributed by atoms with Gasteiger partial charge in [-0.05, 0) is 43.7 Å². The van der Waals surface area contributed by atoms with E-state index in [9.17, 15) is 18.0 Å². The summed E-state index contributed by atoms with van der Waals surface area (Å²) in [5.41, 5.74) is -0.503. The first-order valence-corrected chi connectivity index (χ1v) is 6.85. The second-order valence-corrected chi connectivity index (χ2v) is 5.60. The molecule has 1 aromatic rings. The van der Waals surface area contributed by atoms with Crippen LogP contribution >= 0.6 is 0 Å². The minimum atomic E-state index is -4.34. The SMILES string of the molecule is C=CC(=O)N1CC[C@](C)(C#Cc2ccc(C(F)(F)F)cc2)C1. The van der Waals surface area contributed by atoms with Crippen LogP contribution in [-0.2, 0) is 11.0 Å². The number of alkyl halides is 3. The van der Waals surface area contributed by atoms with Gasteiger partial charge in [0.15, 0.2) is 0 Å². The molecule has 22 heavy (non-hydrogen) atoms. The molecule has 0 unspecified atom stereocenters. The van der Waals surface area contributed by atoms with Crippen molar-refractivity contribution in [3.8, 4) is 11.8 Å². The Bertz CT molecular complexity index is 637. The Morgan fingerprint density at radius 1 is 1.36 bits per heavy atom. The predicted octanol–water partition coefficient (Wildman–Crippen LogP) is 3.48. The fourth-order valence-corrected chi connectivity index (χ4v) is 2.35. The van der Waals surface area contributed by atoms with Crippen molar-refractivity contribution in [2.24, 2.45) is 5.41 Å². The number of amides is 1. The Labute approximate surface area is 127 Å². The summed E-state index contributed by atoms with van der Waals surface area (Å²) in [4.78, 5) is 13.2. The minimum absolute atomic E-state index is 0.125. The molecule has 1 aliphatic heterocycles. The third kappa shape index (κ3) is 3.70. The number of carbonyl (C=O) groups is 1. The molecule has 1 aromatic carbocycles. The van der Waals surface area contributed by atoms with Crippen LogP contribution in [-0.4, -0.2) is 23.9 Å². The zero-order valence-electron chi connectivity index (χ0n) is 12.2. The number of benzene rings is 1. The highest BCUT2D eigenvalue weighted by molar-refractivity contribution is 5.87. The molecule has 1 atom stereocenters. The summed E-state index contributed by atoms with van der Waals surface area (Å²) in [5, 5.41) is 0. The molecule has 5 heteroatoms. The third-order valence-corrected chi connectivity index (χ3v) is 3.68. The highest BCUT2D eigenvalue weighted by Crippen LogP contribution is 2.30. The van der Waals surface area contributed by atoms with Crippen LogP contribution in [0.5, 0.6) is 0 Å². The topological polar surface area (TPSA) is 20.3 Å². The molecule has 0 saturated carbocycles. The van der Waals surface area contributed by atoms with E-state index in [0.29, 0.717) is 18.7 Å². The second-order valence-electron chi connectivity index (χ2n) is 5.60. The summed E-state index contributed by atoms with van der Waals surface area (Å²) in [7, 11) is 0. The van der Waals surface area contributed by atoms with Gasteiger partial charge in [-0.1, -0.05) is 18.4 Å². The molecule has 0 radical (unpaired) electrons. The van der Waals surface area contributed by atoms with Gasteiger partial charge in [-0.15, -0.1) is 0 Å². The predicted molar refractivity (Wildman–Crippen MR) is 77.8 cm³/mol. The van der Waals surface area contributed by atoms with Crippen LogP contribution in [0.25, 0.3) is 0 Å². The van der Waals surface area contributed by atoms with Gasteiger partial charge in [0, 0.05) is 24.1 Å². The Morgan fingerprint density at radius 3 is 2.55 bits per heavy atom. The molecular formula is C17H16F3NO. The zero-order chi connectivity index (χ0) is 16.4. The summed E-state index contributed by atoms with van der Waals surface area (Å²) >= 11 is 0. The summed E-state index contributed by atoms with van der Waals surface area (Å²) in [6.45, 7) is 6.52. The first-order chi connectivity index (χ1) is 10.2. The van der Waals surface area contributed by atoms with Crippen LogP contribution in [0.3, 0.4) is 0 Å². The summed E-state index contributed by atoms with van der Waals surface area (Å²) < 4.78 is 37.4. The van der Waals surface area contributed by atoms with Crippen LogP contribution in [0, 0.1) is 17.3 Å². The van der Waals surface area contributed by atoms with E-state index in [1.54, 1.807) is 4.90 Å². The molecule has 1 heterocycles. The number of hydrogen-bond acceptors (Lipinski definition) is 1. The van der Waals surface area contributed by atoms with E-state index in [4.69, 9.17) is 0 Å². The van der Waals surface area contributed by atoms with Crippen LogP contribution in [0.4, 0.5) is 13.2 Å². The van der Waals surface area contributed by atoms with E-state index < -0.39 is 11.7 Å². The van der Waals surface area contributed by atoms with Crippen molar-refractivity contribution >= 4 is 5.91 Å². The lowest BCUT2D eigenvalue weighted by molar-refractivity contribution is -0.137. The van der Waals surface area contributed by atoms with Crippen LogP contribution in [0.2, 0.25) is 0 Å². The van der Waals surface area contributed by atoms with Gasteiger partial charge in [-0.2, -0.15) is 13.2 Å². The van der Waals surface area contributed by atoms with Crippen molar-refractivity contribution in [3.05, 3.63) is 48.0 Å². The summed E-state index contributed by atoms with van der Waals surface area (Å²) in [6, 6.07) is 4.77. The quantitative estimate of drug-likeness (QED) is 0.574. The largest absolute Gasteiger partial charge is 0.416 e. The van der Waals surface area contributed by atoms with Crippen LogP contribution < -0.4 is 0 Å². The monoisotopic (exact) mass is 307 g/mol. The Hall–Kier alpha value is -2.22. The van der Waals surface area contributed by atoms with Crippen molar-refractivity contribution < 1.29 is 18.0 Å². The molecule has 1 amide bonds. The van der Waals surface area contributed by atoms with E-state index >= 15 is 0 Å². The smallest absolute Gasteiger partial charge is 0.338 e. The van der Waals surface area contributed by atoms with Crippen molar-refractivity contribution in [3.63, 3.8) is 0 Å². The maximum atomic E-state index is 12.5. The van der Waals surface area contributed by atoms with E-state index in [-0.39, 0.29) is 11.3 Å². The number of nitrogens with zero attached hydrogens (tertiary/aromatic N) is 1. The lowest BCUT2D eigenvalue weighted by Gasteiger charge is -2.17. The Kier molecular flexibility index (Phi) is 4.32. The molecule has 1 saturated heterocycles. The van der Waals surface area contributed by atoms with E-state index in [2.05, 4.69) is 18.4 Å². The first-order valence-electron chi connectivity index (χ1n) is 6.85. The molecule has 2 nitrogen and oxygen atoms in total. The minimum Gasteiger partial charge on any atom is -0.338 e. The molecule has 0 spiro atoms. The van der Waals surface area contributed by atoms with E-state index in [0.717, 1.165) is 18.6 Å². The molecule has 1 fully saturated rings. The zero-order valence-corrected chi connectivity index (χ0v) is 12.2. The van der Waals surface area contributed by atoms with Gasteiger partial charge in [-0.25, -0.2) is 0 Å². The molecule has 2 rings (SSSR count). The van der Waals surface area contributed by atoms with Gasteiger partial charge in [0.25, 0.3) is 0 Å². The molecule has 0 bridgehead atoms. The average molecular weight is 307 g/mol. The highest BCUT2D eigenvalue weighted by Gasteiger charge is 2.34. The molecule has 116 valence electrons. The van der Waals surface area contributed by atoms with Gasteiger partial charge in [0.05, 0.1) is 5.56 Å². The molecule has 0 N–H and O–H groups in total. The number of rotatable bonds is 1. The van der Waals surface area contributed by atoms with Crippen molar-refractivity contribution in [2.45, 2.75) is 19.5 Å². The van der Waals surface area contributed by atoms with E-state index in [1.807, 2.05) is 6.92 Å². The number of halogens is 3. The van der Waals surface area contributed by atoms with Crippen LogP contribution in [0.15, 0.2) is 36.9 Å². The Balaban J connectivity index is 2.10. The number of hydrogen-bond donors (Lipinski definition) is 0. The van der Waals surface area contributed by atoms with Gasteiger partial charge in [-0.3, -0.25) is 4.79 Å². The Morgan fingerprint density at radius 2 is 2.00 bits per heavy atom. The van der Waals surface area contributed by atoms with E-state index in [1.165, 1.54) is 18.2 Å². The lowest BCUT2D eigenvalue weighted by atomic mass is 9.90. The standard InChI is InChI=1S/C17H16F3NO/c1-3-15(22)21-11-10-16(2,12-21)9-8-13-4-6-14(7-5-13)17(18,19)20/h3-7H,1,10-12H2,2H3/t16-/m0/s1. The summed E-state index contributed by atoms with van der Waals surface area (Å²) in [6.07, 6.45) is -2.33. The second kappa shape index (κ2) is 5.88. The molecule has 1 aliphatic rings.